The average Bonchev–Trinajstić information content (AvgIpc) is 3.05. The molecule has 0 aromatic heterocycles. The third kappa shape index (κ3) is 9.45. The SMILES string of the molecule is O=C(O)CCCC(=O)NCc1ccc(C2OC(CN3CCN(Cc4ccccc4)CC3)CC(c3ccc(CO)cc3)O2)cc1. The van der Waals surface area contributed by atoms with Gasteiger partial charge < -0.3 is 25.0 Å². The van der Waals surface area contributed by atoms with Gasteiger partial charge >= 0.3 is 5.97 Å². The van der Waals surface area contributed by atoms with E-state index in [0.29, 0.717) is 13.0 Å². The zero-order valence-corrected chi connectivity index (χ0v) is 25.1. The minimum absolute atomic E-state index is 0.00551. The molecule has 3 aromatic carbocycles. The summed E-state index contributed by atoms with van der Waals surface area (Å²) in [5.41, 5.74) is 5.13. The van der Waals surface area contributed by atoms with Crippen molar-refractivity contribution in [1.82, 2.24) is 15.1 Å². The first-order chi connectivity index (χ1) is 21.4. The number of piperazine rings is 1. The summed E-state index contributed by atoms with van der Waals surface area (Å²) in [6.45, 7) is 6.20. The van der Waals surface area contributed by atoms with E-state index in [-0.39, 0.29) is 37.6 Å². The fraction of sp³-hybridized carbons (Fsp3) is 0.429. The molecule has 2 aliphatic heterocycles. The van der Waals surface area contributed by atoms with E-state index in [9.17, 15) is 14.7 Å². The zero-order chi connectivity index (χ0) is 30.7. The first-order valence-electron chi connectivity index (χ1n) is 15.5. The molecule has 3 unspecified atom stereocenters. The average molecular weight is 602 g/mol. The van der Waals surface area contributed by atoms with Crippen molar-refractivity contribution < 1.29 is 29.3 Å². The van der Waals surface area contributed by atoms with Gasteiger partial charge in [-0.3, -0.25) is 19.4 Å². The number of amides is 1. The predicted molar refractivity (Wildman–Crippen MR) is 166 cm³/mol. The van der Waals surface area contributed by atoms with Crippen molar-refractivity contribution in [3.63, 3.8) is 0 Å². The zero-order valence-electron chi connectivity index (χ0n) is 25.1. The molecule has 0 bridgehead atoms. The quantitative estimate of drug-likeness (QED) is 0.264. The maximum absolute atomic E-state index is 12.1. The Morgan fingerprint density at radius 1 is 0.773 bits per heavy atom. The molecule has 234 valence electrons. The van der Waals surface area contributed by atoms with Gasteiger partial charge in [0.1, 0.15) is 0 Å². The van der Waals surface area contributed by atoms with Crippen LogP contribution in [0.5, 0.6) is 0 Å². The second kappa shape index (κ2) is 15.9. The Morgan fingerprint density at radius 3 is 2.11 bits per heavy atom. The van der Waals surface area contributed by atoms with Gasteiger partial charge in [0.25, 0.3) is 0 Å². The van der Waals surface area contributed by atoms with Crippen LogP contribution in [0.4, 0.5) is 0 Å². The van der Waals surface area contributed by atoms with Crippen LogP contribution in [0, 0.1) is 0 Å². The number of carboxylic acid groups (broad SMARTS) is 1. The van der Waals surface area contributed by atoms with Crippen LogP contribution in [0.2, 0.25) is 0 Å². The lowest BCUT2D eigenvalue weighted by Crippen LogP contribution is -2.49. The van der Waals surface area contributed by atoms with Crippen LogP contribution in [-0.2, 0) is 38.8 Å². The minimum Gasteiger partial charge on any atom is -0.481 e. The highest BCUT2D eigenvalue weighted by Gasteiger charge is 2.33. The summed E-state index contributed by atoms with van der Waals surface area (Å²) in [7, 11) is 0. The third-order valence-electron chi connectivity index (χ3n) is 8.33. The van der Waals surface area contributed by atoms with Crippen LogP contribution in [0.1, 0.15) is 65.9 Å². The van der Waals surface area contributed by atoms with Crippen molar-refractivity contribution in [3.05, 3.63) is 107 Å². The molecule has 3 N–H and O–H groups in total. The minimum atomic E-state index is -0.895. The van der Waals surface area contributed by atoms with Gasteiger partial charge in [-0.25, -0.2) is 0 Å². The molecular formula is C35H43N3O6. The molecule has 3 aromatic rings. The van der Waals surface area contributed by atoms with E-state index >= 15 is 0 Å². The Bertz CT molecular complexity index is 1330. The smallest absolute Gasteiger partial charge is 0.303 e. The monoisotopic (exact) mass is 601 g/mol. The Labute approximate surface area is 259 Å². The first kappa shape index (κ1) is 31.8. The van der Waals surface area contributed by atoms with Gasteiger partial charge in [0, 0.05) is 70.6 Å². The van der Waals surface area contributed by atoms with Gasteiger partial charge in [-0.15, -0.1) is 0 Å². The standard InChI is InChI=1S/C35H43N3O6/c39-25-28-11-13-29(14-12-28)32-21-31(24-38-19-17-37(18-20-38)23-27-5-2-1-3-6-27)43-35(44-32)30-15-9-26(10-16-30)22-36-33(40)7-4-8-34(41)42/h1-3,5-6,9-16,31-32,35,39H,4,7-8,17-25H2,(H,36,40)(H,41,42). The lowest BCUT2D eigenvalue weighted by molar-refractivity contribution is -0.253. The van der Waals surface area contributed by atoms with Gasteiger partial charge in [0.05, 0.1) is 18.8 Å². The molecule has 3 atom stereocenters. The second-order valence-corrected chi connectivity index (χ2v) is 11.7. The largest absolute Gasteiger partial charge is 0.481 e. The van der Waals surface area contributed by atoms with Crippen LogP contribution in [0.15, 0.2) is 78.9 Å². The number of nitrogens with zero attached hydrogens (tertiary/aromatic N) is 2. The summed E-state index contributed by atoms with van der Waals surface area (Å²) in [5.74, 6) is -1.05. The van der Waals surface area contributed by atoms with Gasteiger partial charge in [0.2, 0.25) is 5.91 Å². The fourth-order valence-corrected chi connectivity index (χ4v) is 5.77. The number of carbonyl (C=O) groups excluding carboxylic acids is 1. The summed E-state index contributed by atoms with van der Waals surface area (Å²) >= 11 is 0. The van der Waals surface area contributed by atoms with Crippen LogP contribution in [-0.4, -0.2) is 70.7 Å². The molecule has 9 heteroatoms. The molecule has 9 nitrogen and oxygen atoms in total. The van der Waals surface area contributed by atoms with E-state index in [1.165, 1.54) is 5.56 Å². The second-order valence-electron chi connectivity index (χ2n) is 11.7. The summed E-state index contributed by atoms with van der Waals surface area (Å²) in [6.07, 6.45) is 0.559. The number of aliphatic hydroxyl groups is 1. The van der Waals surface area contributed by atoms with Crippen molar-refractivity contribution >= 4 is 11.9 Å². The molecule has 2 fully saturated rings. The lowest BCUT2D eigenvalue weighted by atomic mass is 9.99. The number of rotatable bonds is 13. The van der Waals surface area contributed by atoms with Gasteiger partial charge in [0.15, 0.2) is 6.29 Å². The van der Waals surface area contributed by atoms with E-state index in [1.54, 1.807) is 0 Å². The number of ether oxygens (including phenoxy) is 2. The van der Waals surface area contributed by atoms with Crippen molar-refractivity contribution in [3.8, 4) is 0 Å². The molecule has 0 radical (unpaired) electrons. The summed E-state index contributed by atoms with van der Waals surface area (Å²) in [5, 5.41) is 21.1. The van der Waals surface area contributed by atoms with Crippen LogP contribution >= 0.6 is 0 Å². The maximum atomic E-state index is 12.1. The highest BCUT2D eigenvalue weighted by atomic mass is 16.7. The van der Waals surface area contributed by atoms with Crippen molar-refractivity contribution in [2.75, 3.05) is 32.7 Å². The van der Waals surface area contributed by atoms with Crippen molar-refractivity contribution in [2.24, 2.45) is 0 Å². The predicted octanol–water partition coefficient (Wildman–Crippen LogP) is 4.41. The van der Waals surface area contributed by atoms with Crippen LogP contribution < -0.4 is 5.32 Å². The van der Waals surface area contributed by atoms with E-state index in [2.05, 4.69) is 45.4 Å². The molecule has 2 aliphatic rings. The molecule has 0 spiro atoms. The lowest BCUT2D eigenvalue weighted by Gasteiger charge is -2.40. The summed E-state index contributed by atoms with van der Waals surface area (Å²) in [6, 6.07) is 26.4. The normalized spacial score (nSPS) is 21.2. The molecule has 44 heavy (non-hydrogen) atoms. The number of hydrogen-bond acceptors (Lipinski definition) is 7. The number of carbonyl (C=O) groups is 2. The first-order valence-corrected chi connectivity index (χ1v) is 15.5. The molecule has 0 aliphatic carbocycles. The topological polar surface area (TPSA) is 112 Å². The molecule has 2 heterocycles. The van der Waals surface area contributed by atoms with Gasteiger partial charge in [-0.05, 0) is 28.7 Å². The Morgan fingerprint density at radius 2 is 1.43 bits per heavy atom. The van der Waals surface area contributed by atoms with E-state index in [0.717, 1.165) is 67.9 Å². The highest BCUT2D eigenvalue weighted by molar-refractivity contribution is 5.76. The number of carboxylic acids is 1. The summed E-state index contributed by atoms with van der Waals surface area (Å²) in [4.78, 5) is 27.7. The number of hydrogen-bond donors (Lipinski definition) is 3. The molecule has 2 saturated heterocycles. The Balaban J connectivity index is 1.19. The fourth-order valence-electron chi connectivity index (χ4n) is 5.77. The van der Waals surface area contributed by atoms with E-state index in [1.807, 2.05) is 48.5 Å². The van der Waals surface area contributed by atoms with Gasteiger partial charge in [-0.2, -0.15) is 0 Å². The van der Waals surface area contributed by atoms with Crippen LogP contribution in [0.3, 0.4) is 0 Å². The molecule has 5 rings (SSSR count). The van der Waals surface area contributed by atoms with E-state index in [4.69, 9.17) is 14.6 Å². The summed E-state index contributed by atoms with van der Waals surface area (Å²) < 4.78 is 13.1. The van der Waals surface area contributed by atoms with Crippen molar-refractivity contribution in [1.29, 1.82) is 0 Å². The molecular weight excluding hydrogens is 558 g/mol. The van der Waals surface area contributed by atoms with E-state index < -0.39 is 12.3 Å². The number of nitrogens with one attached hydrogen (secondary N) is 1. The van der Waals surface area contributed by atoms with Crippen molar-refractivity contribution in [2.45, 2.75) is 63.9 Å². The Hall–Kier alpha value is -3.60. The highest BCUT2D eigenvalue weighted by Crippen LogP contribution is 2.38. The number of aliphatic hydroxyl groups excluding tert-OH is 1. The third-order valence-corrected chi connectivity index (χ3v) is 8.33. The maximum Gasteiger partial charge on any atom is 0.303 e. The Kier molecular flexibility index (Phi) is 11.5. The molecule has 1 amide bonds. The van der Waals surface area contributed by atoms with Gasteiger partial charge in [-0.1, -0.05) is 78.9 Å². The van der Waals surface area contributed by atoms with Crippen LogP contribution in [0.25, 0.3) is 0 Å². The number of benzene rings is 3. The number of aliphatic carboxylic acids is 1. The molecule has 0 saturated carbocycles.